The quantitative estimate of drug-likeness (QED) is 0.764. The molecule has 0 aromatic heterocycles. The van der Waals surface area contributed by atoms with E-state index in [4.69, 9.17) is 4.74 Å². The Morgan fingerprint density at radius 3 is 2.44 bits per heavy atom. The number of hydrogen-bond acceptors (Lipinski definition) is 3. The van der Waals surface area contributed by atoms with E-state index < -0.39 is 5.60 Å². The Kier molecular flexibility index (Phi) is 4.15. The summed E-state index contributed by atoms with van der Waals surface area (Å²) in [5.41, 5.74) is -0.417. The average Bonchev–Trinajstić information content (AvgIpc) is 3.09. The third-order valence-corrected chi connectivity index (χ3v) is 3.39. The summed E-state index contributed by atoms with van der Waals surface area (Å²) in [4.78, 5) is 11.7. The van der Waals surface area contributed by atoms with Gasteiger partial charge in [0.15, 0.2) is 0 Å². The Morgan fingerprint density at radius 2 is 1.94 bits per heavy atom. The second-order valence-corrected chi connectivity index (χ2v) is 6.69. The molecule has 0 aliphatic heterocycles. The standard InChI is InChI=1S/C14H26N2O2/c1-14(2,3)18-13(17)16-12(11-6-7-11)9-15-8-10-4-5-10/h10-12,15H,4-9H2,1-3H3,(H,16,17). The molecule has 18 heavy (non-hydrogen) atoms. The van der Waals surface area contributed by atoms with Gasteiger partial charge in [-0.15, -0.1) is 0 Å². The smallest absolute Gasteiger partial charge is 0.407 e. The van der Waals surface area contributed by atoms with Crippen molar-refractivity contribution < 1.29 is 9.53 Å². The van der Waals surface area contributed by atoms with Crippen LogP contribution in [-0.4, -0.2) is 30.8 Å². The van der Waals surface area contributed by atoms with E-state index in [-0.39, 0.29) is 12.1 Å². The monoisotopic (exact) mass is 254 g/mol. The second-order valence-electron chi connectivity index (χ2n) is 6.69. The molecule has 2 saturated carbocycles. The summed E-state index contributed by atoms with van der Waals surface area (Å²) in [5, 5.41) is 6.47. The van der Waals surface area contributed by atoms with Crippen molar-refractivity contribution >= 4 is 6.09 Å². The number of rotatable bonds is 6. The number of carbonyl (C=O) groups excluding carboxylic acids is 1. The highest BCUT2D eigenvalue weighted by atomic mass is 16.6. The first-order chi connectivity index (χ1) is 8.44. The molecule has 104 valence electrons. The normalized spacial score (nSPS) is 21.5. The van der Waals surface area contributed by atoms with E-state index in [1.807, 2.05) is 20.8 Å². The van der Waals surface area contributed by atoms with Gasteiger partial charge in [-0.2, -0.15) is 0 Å². The fourth-order valence-electron chi connectivity index (χ4n) is 2.06. The summed E-state index contributed by atoms with van der Waals surface area (Å²) in [7, 11) is 0. The van der Waals surface area contributed by atoms with E-state index in [9.17, 15) is 4.79 Å². The molecule has 2 aliphatic carbocycles. The zero-order valence-corrected chi connectivity index (χ0v) is 11.8. The maximum absolute atomic E-state index is 11.7. The van der Waals surface area contributed by atoms with Gasteiger partial charge in [-0.25, -0.2) is 4.79 Å². The van der Waals surface area contributed by atoms with Crippen molar-refractivity contribution in [2.75, 3.05) is 13.1 Å². The van der Waals surface area contributed by atoms with E-state index in [2.05, 4.69) is 10.6 Å². The first kappa shape index (κ1) is 13.7. The van der Waals surface area contributed by atoms with Crippen LogP contribution in [0.2, 0.25) is 0 Å². The van der Waals surface area contributed by atoms with Gasteiger partial charge in [0.2, 0.25) is 0 Å². The summed E-state index contributed by atoms with van der Waals surface area (Å²) in [6, 6.07) is 0.235. The van der Waals surface area contributed by atoms with Crippen LogP contribution in [0.1, 0.15) is 46.5 Å². The van der Waals surface area contributed by atoms with Gasteiger partial charge in [0.05, 0.1) is 0 Å². The van der Waals surface area contributed by atoms with Gasteiger partial charge in [-0.1, -0.05) is 0 Å². The fourth-order valence-corrected chi connectivity index (χ4v) is 2.06. The zero-order valence-electron chi connectivity index (χ0n) is 11.8. The van der Waals surface area contributed by atoms with Crippen molar-refractivity contribution in [2.24, 2.45) is 11.8 Å². The molecule has 0 saturated heterocycles. The lowest BCUT2D eigenvalue weighted by Crippen LogP contribution is -2.45. The number of amides is 1. The predicted octanol–water partition coefficient (Wildman–Crippen LogP) is 2.29. The van der Waals surface area contributed by atoms with E-state index in [0.29, 0.717) is 5.92 Å². The zero-order chi connectivity index (χ0) is 13.2. The van der Waals surface area contributed by atoms with Crippen LogP contribution in [0.4, 0.5) is 4.79 Å². The summed E-state index contributed by atoms with van der Waals surface area (Å²) in [5.74, 6) is 1.52. The van der Waals surface area contributed by atoms with Crippen LogP contribution in [-0.2, 0) is 4.74 Å². The molecule has 0 spiro atoms. The minimum absolute atomic E-state index is 0.235. The summed E-state index contributed by atoms with van der Waals surface area (Å²) < 4.78 is 5.31. The molecule has 0 bridgehead atoms. The van der Waals surface area contributed by atoms with Gasteiger partial charge in [-0.3, -0.25) is 0 Å². The largest absolute Gasteiger partial charge is 0.444 e. The van der Waals surface area contributed by atoms with Gasteiger partial charge in [-0.05, 0) is 64.8 Å². The molecule has 0 aromatic rings. The average molecular weight is 254 g/mol. The lowest BCUT2D eigenvalue weighted by Gasteiger charge is -2.24. The number of nitrogens with one attached hydrogen (secondary N) is 2. The molecule has 2 N–H and O–H groups in total. The molecule has 1 amide bonds. The van der Waals surface area contributed by atoms with Crippen molar-refractivity contribution in [2.45, 2.75) is 58.1 Å². The van der Waals surface area contributed by atoms with E-state index >= 15 is 0 Å². The Morgan fingerprint density at radius 1 is 1.28 bits per heavy atom. The van der Waals surface area contributed by atoms with Gasteiger partial charge in [0.1, 0.15) is 5.60 Å². The van der Waals surface area contributed by atoms with Crippen LogP contribution in [0.5, 0.6) is 0 Å². The summed E-state index contributed by atoms with van der Waals surface area (Å²) in [6.45, 7) is 7.65. The van der Waals surface area contributed by atoms with Gasteiger partial charge in [0, 0.05) is 12.6 Å². The molecule has 0 radical (unpaired) electrons. The third kappa shape index (κ3) is 5.25. The van der Waals surface area contributed by atoms with E-state index in [1.54, 1.807) is 0 Å². The van der Waals surface area contributed by atoms with Crippen LogP contribution < -0.4 is 10.6 Å². The number of alkyl carbamates (subject to hydrolysis) is 1. The Balaban J connectivity index is 1.69. The van der Waals surface area contributed by atoms with Crippen molar-refractivity contribution in [1.82, 2.24) is 10.6 Å². The fraction of sp³-hybridized carbons (Fsp3) is 0.929. The maximum Gasteiger partial charge on any atom is 0.407 e. The highest BCUT2D eigenvalue weighted by Gasteiger charge is 2.33. The minimum Gasteiger partial charge on any atom is -0.444 e. The Bertz CT molecular complexity index is 291. The lowest BCUT2D eigenvalue weighted by molar-refractivity contribution is 0.0497. The van der Waals surface area contributed by atoms with Gasteiger partial charge in [0.25, 0.3) is 0 Å². The van der Waals surface area contributed by atoms with Gasteiger partial charge < -0.3 is 15.4 Å². The van der Waals surface area contributed by atoms with Crippen LogP contribution >= 0.6 is 0 Å². The number of hydrogen-bond donors (Lipinski definition) is 2. The van der Waals surface area contributed by atoms with Crippen molar-refractivity contribution in [3.8, 4) is 0 Å². The molecular formula is C14H26N2O2. The Labute approximate surface area is 110 Å². The second kappa shape index (κ2) is 5.47. The number of ether oxygens (including phenoxy) is 1. The SMILES string of the molecule is CC(C)(C)OC(=O)NC(CNCC1CC1)C1CC1. The van der Waals surface area contributed by atoms with E-state index in [1.165, 1.54) is 25.7 Å². The number of carbonyl (C=O) groups is 1. The third-order valence-electron chi connectivity index (χ3n) is 3.39. The van der Waals surface area contributed by atoms with Crippen molar-refractivity contribution in [1.29, 1.82) is 0 Å². The molecular weight excluding hydrogens is 228 g/mol. The molecule has 0 heterocycles. The first-order valence-corrected chi connectivity index (χ1v) is 7.14. The summed E-state index contributed by atoms with van der Waals surface area (Å²) in [6.07, 6.45) is 4.89. The lowest BCUT2D eigenvalue weighted by atomic mass is 10.2. The Hall–Kier alpha value is -0.770. The molecule has 4 nitrogen and oxygen atoms in total. The van der Waals surface area contributed by atoms with Crippen LogP contribution in [0.25, 0.3) is 0 Å². The molecule has 1 atom stereocenters. The topological polar surface area (TPSA) is 50.4 Å². The van der Waals surface area contributed by atoms with Gasteiger partial charge >= 0.3 is 6.09 Å². The molecule has 2 rings (SSSR count). The van der Waals surface area contributed by atoms with Crippen LogP contribution in [0, 0.1) is 11.8 Å². The van der Waals surface area contributed by atoms with E-state index in [0.717, 1.165) is 19.0 Å². The van der Waals surface area contributed by atoms with Crippen molar-refractivity contribution in [3.63, 3.8) is 0 Å². The highest BCUT2D eigenvalue weighted by molar-refractivity contribution is 5.68. The molecule has 2 fully saturated rings. The van der Waals surface area contributed by atoms with Crippen LogP contribution in [0.3, 0.4) is 0 Å². The van der Waals surface area contributed by atoms with Crippen LogP contribution in [0.15, 0.2) is 0 Å². The predicted molar refractivity (Wildman–Crippen MR) is 71.5 cm³/mol. The molecule has 2 aliphatic rings. The molecule has 1 unspecified atom stereocenters. The molecule has 4 heteroatoms. The minimum atomic E-state index is -0.417. The first-order valence-electron chi connectivity index (χ1n) is 7.14. The molecule has 0 aromatic carbocycles. The highest BCUT2D eigenvalue weighted by Crippen LogP contribution is 2.33. The maximum atomic E-state index is 11.7. The summed E-state index contributed by atoms with van der Waals surface area (Å²) >= 11 is 0. The van der Waals surface area contributed by atoms with Crippen molar-refractivity contribution in [3.05, 3.63) is 0 Å².